The molecule has 0 aliphatic heterocycles. The number of carbonyl (C=O) groups is 1. The summed E-state index contributed by atoms with van der Waals surface area (Å²) in [6, 6.07) is 15.5. The van der Waals surface area contributed by atoms with E-state index in [1.54, 1.807) is 6.92 Å². The van der Waals surface area contributed by atoms with Crippen molar-refractivity contribution in [3.05, 3.63) is 60.0 Å². The Kier molecular flexibility index (Phi) is 5.97. The van der Waals surface area contributed by atoms with Crippen LogP contribution in [0.3, 0.4) is 0 Å². The van der Waals surface area contributed by atoms with Crippen molar-refractivity contribution in [1.29, 1.82) is 0 Å². The highest BCUT2D eigenvalue weighted by atomic mass is 16.5. The molecule has 1 heterocycles. The number of hydrogen-bond donors (Lipinski definition) is 2. The van der Waals surface area contributed by atoms with Crippen LogP contribution in [0.25, 0.3) is 11.5 Å². The molecule has 7 heteroatoms. The number of ether oxygens (including phenoxy) is 1. The van der Waals surface area contributed by atoms with Gasteiger partial charge in [-0.05, 0) is 69.0 Å². The molecule has 1 fully saturated rings. The van der Waals surface area contributed by atoms with Gasteiger partial charge in [-0.2, -0.15) is 0 Å². The van der Waals surface area contributed by atoms with Crippen LogP contribution in [0.5, 0.6) is 5.75 Å². The molecule has 1 aliphatic carbocycles. The zero-order valence-electron chi connectivity index (χ0n) is 17.2. The summed E-state index contributed by atoms with van der Waals surface area (Å²) >= 11 is 0. The molecule has 1 aromatic heterocycles. The molecular weight excluding hydrogens is 380 g/mol. The number of hydrogen-bond acceptors (Lipinski definition) is 5. The van der Waals surface area contributed by atoms with Gasteiger partial charge in [-0.15, -0.1) is 10.2 Å². The summed E-state index contributed by atoms with van der Waals surface area (Å²) in [6.45, 7) is 3.79. The van der Waals surface area contributed by atoms with E-state index in [0.717, 1.165) is 42.7 Å². The summed E-state index contributed by atoms with van der Waals surface area (Å²) in [4.78, 5) is 12.2. The van der Waals surface area contributed by atoms with Gasteiger partial charge in [0.25, 0.3) is 0 Å². The number of aryl methyl sites for hydroxylation is 2. The largest absolute Gasteiger partial charge is 0.490 e. The second-order valence-corrected chi connectivity index (χ2v) is 7.71. The van der Waals surface area contributed by atoms with Crippen LogP contribution in [-0.4, -0.2) is 28.4 Å². The molecule has 0 saturated heterocycles. The Morgan fingerprint density at radius 1 is 0.967 bits per heavy atom. The van der Waals surface area contributed by atoms with Crippen LogP contribution in [-0.2, 0) is 0 Å². The molecule has 0 atom stereocenters. The number of benzene rings is 2. The number of nitrogens with zero attached hydrogens (tertiary/aromatic N) is 2. The highest BCUT2D eigenvalue weighted by Crippen LogP contribution is 2.26. The molecule has 0 bridgehead atoms. The molecule has 1 saturated carbocycles. The molecule has 0 unspecified atom stereocenters. The van der Waals surface area contributed by atoms with Crippen LogP contribution in [0, 0.1) is 13.8 Å². The number of urea groups is 1. The minimum absolute atomic E-state index is 0.153. The van der Waals surface area contributed by atoms with E-state index in [4.69, 9.17) is 9.15 Å². The molecule has 1 aliphatic rings. The van der Waals surface area contributed by atoms with Crippen molar-refractivity contribution in [2.24, 2.45) is 0 Å². The van der Waals surface area contributed by atoms with Gasteiger partial charge in [0.15, 0.2) is 0 Å². The van der Waals surface area contributed by atoms with E-state index in [1.807, 2.05) is 55.5 Å². The molecule has 0 radical (unpaired) electrons. The van der Waals surface area contributed by atoms with Crippen LogP contribution in [0.1, 0.15) is 37.1 Å². The maximum absolute atomic E-state index is 12.2. The second kappa shape index (κ2) is 8.98. The predicted octanol–water partition coefficient (Wildman–Crippen LogP) is 4.87. The first-order chi connectivity index (χ1) is 14.5. The van der Waals surface area contributed by atoms with Crippen molar-refractivity contribution in [2.75, 3.05) is 5.32 Å². The van der Waals surface area contributed by atoms with E-state index < -0.39 is 0 Å². The quantitative estimate of drug-likeness (QED) is 0.631. The minimum Gasteiger partial charge on any atom is -0.490 e. The first kappa shape index (κ1) is 19.9. The number of aromatic nitrogens is 2. The average Bonchev–Trinajstić information content (AvgIpc) is 3.18. The van der Waals surface area contributed by atoms with Crippen molar-refractivity contribution >= 4 is 11.7 Å². The fraction of sp³-hybridized carbons (Fsp3) is 0.348. The highest BCUT2D eigenvalue weighted by molar-refractivity contribution is 5.89. The van der Waals surface area contributed by atoms with Crippen molar-refractivity contribution in [3.63, 3.8) is 0 Å². The number of amides is 2. The van der Waals surface area contributed by atoms with Crippen LogP contribution in [0.4, 0.5) is 10.5 Å². The third kappa shape index (κ3) is 5.17. The van der Waals surface area contributed by atoms with Gasteiger partial charge in [0.05, 0.1) is 6.10 Å². The molecule has 4 rings (SSSR count). The van der Waals surface area contributed by atoms with E-state index in [1.165, 1.54) is 5.56 Å². The van der Waals surface area contributed by atoms with Gasteiger partial charge < -0.3 is 19.8 Å². The Balaban J connectivity index is 1.22. The predicted molar refractivity (Wildman–Crippen MR) is 114 cm³/mol. The Bertz CT molecular complexity index is 974. The smallest absolute Gasteiger partial charge is 0.319 e. The lowest BCUT2D eigenvalue weighted by atomic mass is 9.93. The molecule has 2 N–H and O–H groups in total. The second-order valence-electron chi connectivity index (χ2n) is 7.71. The van der Waals surface area contributed by atoms with E-state index >= 15 is 0 Å². The Labute approximate surface area is 175 Å². The zero-order chi connectivity index (χ0) is 20.9. The lowest BCUT2D eigenvalue weighted by Crippen LogP contribution is -2.41. The van der Waals surface area contributed by atoms with Crippen LogP contribution >= 0.6 is 0 Å². The molecule has 0 spiro atoms. The standard InChI is InChI=1S/C23H26N4O3/c1-15-3-7-18(8-4-15)24-23(28)25-19-9-13-21(14-10-19)30-20-11-5-17(6-12-20)22-27-26-16(2)29-22/h3-8,11-12,19,21H,9-10,13-14H2,1-2H3,(H2,24,25,28)/t19-,21-. The number of anilines is 1. The van der Waals surface area contributed by atoms with E-state index in [0.29, 0.717) is 11.8 Å². The normalized spacial score (nSPS) is 18.6. The Hall–Kier alpha value is -3.35. The van der Waals surface area contributed by atoms with E-state index in [-0.39, 0.29) is 18.2 Å². The maximum Gasteiger partial charge on any atom is 0.319 e. The van der Waals surface area contributed by atoms with Crippen molar-refractivity contribution in [3.8, 4) is 17.2 Å². The fourth-order valence-electron chi connectivity index (χ4n) is 3.60. The molecule has 2 aromatic carbocycles. The summed E-state index contributed by atoms with van der Waals surface area (Å²) in [6.07, 6.45) is 3.75. The van der Waals surface area contributed by atoms with Gasteiger partial charge in [-0.3, -0.25) is 0 Å². The molecular formula is C23H26N4O3. The monoisotopic (exact) mass is 406 g/mol. The molecule has 156 valence electrons. The maximum atomic E-state index is 12.2. The third-order valence-electron chi connectivity index (χ3n) is 5.25. The SMILES string of the molecule is Cc1ccc(NC(=O)N[C@H]2CC[C@H](Oc3ccc(-c4nnc(C)o4)cc3)CC2)cc1. The molecule has 7 nitrogen and oxygen atoms in total. The van der Waals surface area contributed by atoms with Crippen LogP contribution in [0.2, 0.25) is 0 Å². The van der Waals surface area contributed by atoms with Crippen LogP contribution < -0.4 is 15.4 Å². The third-order valence-corrected chi connectivity index (χ3v) is 5.25. The summed E-state index contributed by atoms with van der Waals surface area (Å²) in [5.41, 5.74) is 2.84. The summed E-state index contributed by atoms with van der Waals surface area (Å²) in [5, 5.41) is 13.8. The first-order valence-electron chi connectivity index (χ1n) is 10.3. The number of carbonyl (C=O) groups excluding carboxylic acids is 1. The van der Waals surface area contributed by atoms with Gasteiger partial charge in [0.2, 0.25) is 11.8 Å². The highest BCUT2D eigenvalue weighted by Gasteiger charge is 2.23. The average molecular weight is 406 g/mol. The first-order valence-corrected chi connectivity index (χ1v) is 10.3. The number of nitrogens with one attached hydrogen (secondary N) is 2. The summed E-state index contributed by atoms with van der Waals surface area (Å²) in [5.74, 6) is 1.88. The Morgan fingerprint density at radius 3 is 2.30 bits per heavy atom. The van der Waals surface area contributed by atoms with Gasteiger partial charge in [0.1, 0.15) is 5.75 Å². The van der Waals surface area contributed by atoms with Gasteiger partial charge >= 0.3 is 6.03 Å². The van der Waals surface area contributed by atoms with Gasteiger partial charge in [-0.1, -0.05) is 17.7 Å². The van der Waals surface area contributed by atoms with Gasteiger partial charge in [0, 0.05) is 24.2 Å². The van der Waals surface area contributed by atoms with Crippen LogP contribution in [0.15, 0.2) is 52.9 Å². The summed E-state index contributed by atoms with van der Waals surface area (Å²) < 4.78 is 11.6. The minimum atomic E-state index is -0.157. The summed E-state index contributed by atoms with van der Waals surface area (Å²) in [7, 11) is 0. The molecule has 2 amide bonds. The zero-order valence-corrected chi connectivity index (χ0v) is 17.2. The van der Waals surface area contributed by atoms with Crippen molar-refractivity contribution in [2.45, 2.75) is 51.7 Å². The number of rotatable bonds is 5. The van der Waals surface area contributed by atoms with E-state index in [9.17, 15) is 4.79 Å². The van der Waals surface area contributed by atoms with E-state index in [2.05, 4.69) is 20.8 Å². The van der Waals surface area contributed by atoms with Gasteiger partial charge in [-0.25, -0.2) is 4.79 Å². The lowest BCUT2D eigenvalue weighted by molar-refractivity contribution is 0.141. The van der Waals surface area contributed by atoms with Crippen molar-refractivity contribution < 1.29 is 13.9 Å². The Morgan fingerprint density at radius 2 is 1.67 bits per heavy atom. The lowest BCUT2D eigenvalue weighted by Gasteiger charge is -2.29. The van der Waals surface area contributed by atoms with Crippen molar-refractivity contribution in [1.82, 2.24) is 15.5 Å². The fourth-order valence-corrected chi connectivity index (χ4v) is 3.60. The topological polar surface area (TPSA) is 89.3 Å². The molecule has 30 heavy (non-hydrogen) atoms. The molecule has 3 aromatic rings.